The Morgan fingerprint density at radius 2 is 0.952 bits per heavy atom. The van der Waals surface area contributed by atoms with Gasteiger partial charge in [-0.05, 0) is 6.42 Å². The van der Waals surface area contributed by atoms with Gasteiger partial charge in [0.15, 0.2) is 0 Å². The van der Waals surface area contributed by atoms with Crippen LogP contribution < -0.4 is 32.7 Å². The van der Waals surface area contributed by atoms with E-state index in [1.54, 1.807) is 21.3 Å². The van der Waals surface area contributed by atoms with Gasteiger partial charge in [-0.15, -0.1) is 0 Å². The van der Waals surface area contributed by atoms with Crippen molar-refractivity contribution in [2.45, 2.75) is 19.3 Å². The van der Waals surface area contributed by atoms with E-state index in [2.05, 4.69) is 11.5 Å². The SMILES string of the molecule is NC(=O)NC(=O)NC(=O)CCCC(=O)NC(=O)NC(N)=O. The zero-order chi connectivity index (χ0) is 16.4. The zero-order valence-electron chi connectivity index (χ0n) is 10.7. The average molecular weight is 302 g/mol. The van der Waals surface area contributed by atoms with Crippen molar-refractivity contribution in [3.05, 3.63) is 0 Å². The summed E-state index contributed by atoms with van der Waals surface area (Å²) < 4.78 is 0. The highest BCUT2D eigenvalue weighted by Gasteiger charge is 2.12. The minimum Gasteiger partial charge on any atom is -0.351 e. The number of nitrogens with two attached hydrogens (primary N) is 2. The van der Waals surface area contributed by atoms with E-state index < -0.39 is 35.9 Å². The molecule has 21 heavy (non-hydrogen) atoms. The maximum Gasteiger partial charge on any atom is 0.329 e. The van der Waals surface area contributed by atoms with Crippen molar-refractivity contribution < 1.29 is 28.8 Å². The lowest BCUT2D eigenvalue weighted by atomic mass is 10.2. The summed E-state index contributed by atoms with van der Waals surface area (Å²) in [6.07, 6.45) is -0.403. The van der Waals surface area contributed by atoms with Gasteiger partial charge in [-0.1, -0.05) is 0 Å². The van der Waals surface area contributed by atoms with E-state index in [0.29, 0.717) is 0 Å². The van der Waals surface area contributed by atoms with Crippen molar-refractivity contribution >= 4 is 35.9 Å². The Labute approximate surface area is 118 Å². The van der Waals surface area contributed by atoms with Gasteiger partial charge in [-0.3, -0.25) is 30.9 Å². The first-order chi connectivity index (χ1) is 9.70. The summed E-state index contributed by atoms with van der Waals surface area (Å²) in [4.78, 5) is 64.7. The summed E-state index contributed by atoms with van der Waals surface area (Å²) in [6, 6.07) is -4.42. The van der Waals surface area contributed by atoms with Crippen LogP contribution in [0.3, 0.4) is 0 Å². The second-order valence-electron chi connectivity index (χ2n) is 3.59. The van der Waals surface area contributed by atoms with Crippen molar-refractivity contribution in [1.82, 2.24) is 21.3 Å². The van der Waals surface area contributed by atoms with Crippen LogP contribution in [0.25, 0.3) is 0 Å². The third kappa shape index (κ3) is 10.4. The Morgan fingerprint density at radius 3 is 1.24 bits per heavy atom. The molecule has 116 valence electrons. The number of hydrogen-bond acceptors (Lipinski definition) is 6. The quantitative estimate of drug-likeness (QED) is 0.345. The second-order valence-corrected chi connectivity index (χ2v) is 3.59. The topological polar surface area (TPSA) is 203 Å². The minimum absolute atomic E-state index is 0.0192. The van der Waals surface area contributed by atoms with E-state index in [0.717, 1.165) is 0 Å². The molecular formula is C9H14N6O6. The summed E-state index contributed by atoms with van der Waals surface area (Å²) in [5, 5.41) is 6.80. The number of nitrogens with one attached hydrogen (secondary N) is 4. The van der Waals surface area contributed by atoms with Crippen LogP contribution in [0.15, 0.2) is 0 Å². The van der Waals surface area contributed by atoms with Gasteiger partial charge in [-0.25, -0.2) is 19.2 Å². The van der Waals surface area contributed by atoms with Gasteiger partial charge in [0, 0.05) is 12.8 Å². The first-order valence-electron chi connectivity index (χ1n) is 5.51. The smallest absolute Gasteiger partial charge is 0.329 e. The predicted octanol–water partition coefficient (Wildman–Crippen LogP) is -2.03. The molecule has 0 aliphatic heterocycles. The number of imide groups is 4. The molecule has 0 aromatic rings. The monoisotopic (exact) mass is 302 g/mol. The number of urea groups is 4. The summed E-state index contributed by atoms with van der Waals surface area (Å²) in [7, 11) is 0. The number of carbonyl (C=O) groups excluding carboxylic acids is 6. The fraction of sp³-hybridized carbons (Fsp3) is 0.333. The molecule has 0 bridgehead atoms. The van der Waals surface area contributed by atoms with Crippen LogP contribution in [-0.2, 0) is 9.59 Å². The van der Waals surface area contributed by atoms with Gasteiger partial charge in [0.05, 0.1) is 0 Å². The van der Waals surface area contributed by atoms with Crippen molar-refractivity contribution in [2.75, 3.05) is 0 Å². The molecule has 0 rings (SSSR count). The molecule has 10 amide bonds. The van der Waals surface area contributed by atoms with Gasteiger partial charge in [0.2, 0.25) is 11.8 Å². The van der Waals surface area contributed by atoms with Crippen LogP contribution in [0.5, 0.6) is 0 Å². The summed E-state index contributed by atoms with van der Waals surface area (Å²) in [5.74, 6) is -1.49. The van der Waals surface area contributed by atoms with Gasteiger partial charge >= 0.3 is 24.1 Å². The fourth-order valence-corrected chi connectivity index (χ4v) is 1.07. The molecule has 8 N–H and O–H groups in total. The maximum absolute atomic E-state index is 11.2. The van der Waals surface area contributed by atoms with Crippen molar-refractivity contribution in [3.8, 4) is 0 Å². The van der Waals surface area contributed by atoms with Crippen LogP contribution in [0.1, 0.15) is 19.3 Å². The highest BCUT2D eigenvalue weighted by Crippen LogP contribution is 1.95. The second kappa shape index (κ2) is 8.84. The highest BCUT2D eigenvalue weighted by atomic mass is 16.2. The molecule has 0 aromatic heterocycles. The largest absolute Gasteiger partial charge is 0.351 e. The molecular weight excluding hydrogens is 288 g/mol. The lowest BCUT2D eigenvalue weighted by Crippen LogP contribution is -2.45. The molecule has 0 saturated heterocycles. The third-order valence-corrected chi connectivity index (χ3v) is 1.79. The fourth-order valence-electron chi connectivity index (χ4n) is 1.07. The molecule has 0 aromatic carbocycles. The van der Waals surface area contributed by atoms with Crippen LogP contribution in [0.2, 0.25) is 0 Å². The summed E-state index contributed by atoms with van der Waals surface area (Å²) in [6.45, 7) is 0. The lowest BCUT2D eigenvalue weighted by molar-refractivity contribution is -0.121. The number of primary amides is 2. The molecule has 0 spiro atoms. The molecule has 0 unspecified atom stereocenters. The molecule has 12 nitrogen and oxygen atoms in total. The zero-order valence-corrected chi connectivity index (χ0v) is 10.7. The van der Waals surface area contributed by atoms with Gasteiger partial charge in [0.25, 0.3) is 0 Å². The number of carbonyl (C=O) groups is 6. The Kier molecular flexibility index (Phi) is 7.50. The normalized spacial score (nSPS) is 9.14. The molecule has 0 aliphatic rings. The molecule has 0 radical (unpaired) electrons. The Hall–Kier alpha value is -3.18. The average Bonchev–Trinajstić information content (AvgIpc) is 2.25. The maximum atomic E-state index is 11.2. The Morgan fingerprint density at radius 1 is 0.619 bits per heavy atom. The van der Waals surface area contributed by atoms with Crippen molar-refractivity contribution in [3.63, 3.8) is 0 Å². The lowest BCUT2D eigenvalue weighted by Gasteiger charge is -2.04. The van der Waals surface area contributed by atoms with E-state index in [4.69, 9.17) is 0 Å². The van der Waals surface area contributed by atoms with Crippen LogP contribution in [0, 0.1) is 0 Å². The Bertz CT molecular complexity index is 433. The summed E-state index contributed by atoms with van der Waals surface area (Å²) in [5.41, 5.74) is 9.29. The Balaban J connectivity index is 3.87. The molecule has 0 atom stereocenters. The predicted molar refractivity (Wildman–Crippen MR) is 66.4 cm³/mol. The molecule has 0 aliphatic carbocycles. The van der Waals surface area contributed by atoms with E-state index >= 15 is 0 Å². The van der Waals surface area contributed by atoms with E-state index in [9.17, 15) is 28.8 Å². The van der Waals surface area contributed by atoms with Crippen LogP contribution in [0.4, 0.5) is 19.2 Å². The van der Waals surface area contributed by atoms with Crippen LogP contribution in [-0.4, -0.2) is 35.9 Å². The van der Waals surface area contributed by atoms with E-state index in [1.807, 2.05) is 0 Å². The number of amides is 10. The van der Waals surface area contributed by atoms with Crippen molar-refractivity contribution in [1.29, 1.82) is 0 Å². The van der Waals surface area contributed by atoms with Gasteiger partial charge in [0.1, 0.15) is 0 Å². The van der Waals surface area contributed by atoms with Crippen molar-refractivity contribution in [2.24, 2.45) is 11.5 Å². The van der Waals surface area contributed by atoms with E-state index in [-0.39, 0.29) is 19.3 Å². The van der Waals surface area contributed by atoms with Gasteiger partial charge in [-0.2, -0.15) is 0 Å². The summed E-state index contributed by atoms with van der Waals surface area (Å²) >= 11 is 0. The molecule has 0 heterocycles. The standard InChI is InChI=1S/C9H14N6O6/c10-6(18)14-8(20)12-4(16)2-1-3-5(17)13-9(21)15-7(11)19/h1-3H2,(H4,10,12,14,16,18,20)(H4,11,13,15,17,19,21). The first kappa shape index (κ1) is 17.8. The number of rotatable bonds is 4. The number of hydrogen-bond donors (Lipinski definition) is 6. The first-order valence-corrected chi connectivity index (χ1v) is 5.51. The van der Waals surface area contributed by atoms with E-state index in [1.165, 1.54) is 0 Å². The van der Waals surface area contributed by atoms with Gasteiger partial charge < -0.3 is 11.5 Å². The highest BCUT2D eigenvalue weighted by molar-refractivity contribution is 6.02. The molecule has 12 heteroatoms. The third-order valence-electron chi connectivity index (χ3n) is 1.79. The van der Waals surface area contributed by atoms with Crippen LogP contribution >= 0.6 is 0 Å². The minimum atomic E-state index is -1.12. The molecule has 0 fully saturated rings. The molecule has 0 saturated carbocycles.